The molecule has 1 rings (SSSR count). The molecule has 0 saturated heterocycles. The average Bonchev–Trinajstić information content (AvgIpc) is 2.37. The molecule has 1 heterocycles. The fourth-order valence-corrected chi connectivity index (χ4v) is 1.93. The zero-order chi connectivity index (χ0) is 12.5. The second-order valence-corrected chi connectivity index (χ2v) is 5.86. The molecule has 0 aromatic carbocycles. The van der Waals surface area contributed by atoms with Crippen molar-refractivity contribution in [2.45, 2.75) is 46.6 Å². The quantitative estimate of drug-likeness (QED) is 0.887. The highest BCUT2D eigenvalue weighted by Crippen LogP contribution is 2.25. The van der Waals surface area contributed by atoms with Crippen LogP contribution in [0.5, 0.6) is 0 Å². The van der Waals surface area contributed by atoms with Gasteiger partial charge in [-0.3, -0.25) is 4.68 Å². The molecule has 0 saturated carbocycles. The van der Waals surface area contributed by atoms with E-state index in [0.29, 0.717) is 0 Å². The zero-order valence-electron chi connectivity index (χ0n) is 10.8. The van der Waals surface area contributed by atoms with Crippen LogP contribution < -0.4 is 5.73 Å². The normalized spacial score (nSPS) is 14.2. The molecule has 3 nitrogen and oxygen atoms in total. The lowest BCUT2D eigenvalue weighted by atomic mass is 9.84. The van der Waals surface area contributed by atoms with Gasteiger partial charge in [-0.1, -0.05) is 32.4 Å². The number of nitrogens with zero attached hydrogens (tertiary/aromatic N) is 2. The molecule has 0 bridgehead atoms. The predicted octanol–water partition coefficient (Wildman–Crippen LogP) is 2.69. The number of nitrogens with two attached hydrogens (primary N) is 1. The first-order valence-electron chi connectivity index (χ1n) is 5.67. The Hall–Kier alpha value is -0.540. The van der Waals surface area contributed by atoms with Crippen LogP contribution in [0.4, 0.5) is 0 Å². The third kappa shape index (κ3) is 2.98. The van der Waals surface area contributed by atoms with E-state index in [2.05, 4.69) is 25.9 Å². The van der Waals surface area contributed by atoms with E-state index in [1.54, 1.807) is 0 Å². The highest BCUT2D eigenvalue weighted by atomic mass is 35.5. The summed E-state index contributed by atoms with van der Waals surface area (Å²) in [6.45, 7) is 8.41. The fourth-order valence-electron chi connectivity index (χ4n) is 1.68. The number of aromatic nitrogens is 2. The van der Waals surface area contributed by atoms with Crippen LogP contribution in [0.2, 0.25) is 5.02 Å². The van der Waals surface area contributed by atoms with Gasteiger partial charge in [0, 0.05) is 13.1 Å². The van der Waals surface area contributed by atoms with Gasteiger partial charge in [-0.2, -0.15) is 5.10 Å². The molecule has 1 aromatic heterocycles. The molecule has 1 unspecified atom stereocenters. The van der Waals surface area contributed by atoms with E-state index in [1.807, 2.05) is 18.7 Å². The summed E-state index contributed by atoms with van der Waals surface area (Å²) in [7, 11) is 1.93. The van der Waals surface area contributed by atoms with E-state index < -0.39 is 0 Å². The van der Waals surface area contributed by atoms with E-state index in [9.17, 15) is 0 Å². The first kappa shape index (κ1) is 13.5. The molecular weight excluding hydrogens is 222 g/mol. The van der Waals surface area contributed by atoms with Gasteiger partial charge in [-0.15, -0.1) is 0 Å². The molecule has 2 N–H and O–H groups in total. The Morgan fingerprint density at radius 1 is 1.44 bits per heavy atom. The molecule has 0 aliphatic carbocycles. The fraction of sp³-hybridized carbons (Fsp3) is 0.750. The van der Waals surface area contributed by atoms with Crippen LogP contribution in [-0.4, -0.2) is 15.8 Å². The van der Waals surface area contributed by atoms with Gasteiger partial charge in [0.1, 0.15) is 0 Å². The zero-order valence-corrected chi connectivity index (χ0v) is 11.6. The lowest BCUT2D eigenvalue weighted by Gasteiger charge is -2.26. The number of aryl methyl sites for hydroxylation is 2. The number of rotatable bonds is 3. The minimum Gasteiger partial charge on any atom is -0.327 e. The molecule has 1 atom stereocenters. The van der Waals surface area contributed by atoms with Crippen LogP contribution >= 0.6 is 11.6 Å². The van der Waals surface area contributed by atoms with Crippen LogP contribution in [0.25, 0.3) is 0 Å². The van der Waals surface area contributed by atoms with Crippen LogP contribution in [0.1, 0.15) is 38.6 Å². The summed E-state index contributed by atoms with van der Waals surface area (Å²) in [5, 5.41) is 5.08. The highest BCUT2D eigenvalue weighted by molar-refractivity contribution is 6.31. The Morgan fingerprint density at radius 3 is 2.38 bits per heavy atom. The van der Waals surface area contributed by atoms with E-state index in [0.717, 1.165) is 29.3 Å². The van der Waals surface area contributed by atoms with Crippen molar-refractivity contribution in [1.29, 1.82) is 0 Å². The summed E-state index contributed by atoms with van der Waals surface area (Å²) < 4.78 is 1.85. The van der Waals surface area contributed by atoms with Crippen LogP contribution in [0.15, 0.2) is 0 Å². The second kappa shape index (κ2) is 4.76. The van der Waals surface area contributed by atoms with Crippen LogP contribution in [0.3, 0.4) is 0 Å². The van der Waals surface area contributed by atoms with Gasteiger partial charge in [0.25, 0.3) is 0 Å². The van der Waals surface area contributed by atoms with Gasteiger partial charge < -0.3 is 5.73 Å². The molecular formula is C12H22ClN3. The Kier molecular flexibility index (Phi) is 4.02. The highest BCUT2D eigenvalue weighted by Gasteiger charge is 2.21. The van der Waals surface area contributed by atoms with Crippen molar-refractivity contribution in [2.24, 2.45) is 18.2 Å². The maximum Gasteiger partial charge on any atom is 0.0846 e. The molecule has 0 aliphatic heterocycles. The summed E-state index contributed by atoms with van der Waals surface area (Å²) >= 11 is 6.19. The van der Waals surface area contributed by atoms with Crippen molar-refractivity contribution in [2.75, 3.05) is 0 Å². The van der Waals surface area contributed by atoms with Crippen LogP contribution in [-0.2, 0) is 13.5 Å². The summed E-state index contributed by atoms with van der Waals surface area (Å²) in [5.74, 6) is 0. The van der Waals surface area contributed by atoms with Gasteiger partial charge in [0.05, 0.1) is 16.4 Å². The van der Waals surface area contributed by atoms with Gasteiger partial charge in [0.2, 0.25) is 0 Å². The summed E-state index contributed by atoms with van der Waals surface area (Å²) in [5.41, 5.74) is 8.25. The average molecular weight is 244 g/mol. The van der Waals surface area contributed by atoms with Crippen molar-refractivity contribution < 1.29 is 0 Å². The molecule has 0 fully saturated rings. The predicted molar refractivity (Wildman–Crippen MR) is 68.7 cm³/mol. The SMILES string of the molecule is Cc1nn(C)c(CCC(N)C(C)(C)C)c1Cl. The van der Waals surface area contributed by atoms with Crippen molar-refractivity contribution in [1.82, 2.24) is 9.78 Å². The Bertz CT molecular complexity index is 363. The van der Waals surface area contributed by atoms with Gasteiger partial charge in [0.15, 0.2) is 0 Å². The Labute approximate surface area is 103 Å². The van der Waals surface area contributed by atoms with Gasteiger partial charge >= 0.3 is 0 Å². The first-order chi connectivity index (χ1) is 7.23. The van der Waals surface area contributed by atoms with E-state index >= 15 is 0 Å². The van der Waals surface area contributed by atoms with E-state index in [1.165, 1.54) is 0 Å². The van der Waals surface area contributed by atoms with Crippen molar-refractivity contribution >= 4 is 11.6 Å². The topological polar surface area (TPSA) is 43.8 Å². The number of hydrogen-bond acceptors (Lipinski definition) is 2. The minimum absolute atomic E-state index is 0.139. The number of hydrogen-bond donors (Lipinski definition) is 1. The largest absolute Gasteiger partial charge is 0.327 e. The van der Waals surface area contributed by atoms with E-state index in [4.69, 9.17) is 17.3 Å². The molecule has 4 heteroatoms. The molecule has 0 aliphatic rings. The monoisotopic (exact) mass is 243 g/mol. The number of halogens is 1. The first-order valence-corrected chi connectivity index (χ1v) is 6.05. The second-order valence-electron chi connectivity index (χ2n) is 5.48. The van der Waals surface area contributed by atoms with Crippen LogP contribution in [0, 0.1) is 12.3 Å². The Balaban J connectivity index is 2.68. The molecule has 16 heavy (non-hydrogen) atoms. The smallest absolute Gasteiger partial charge is 0.0846 e. The molecule has 0 radical (unpaired) electrons. The summed E-state index contributed by atoms with van der Waals surface area (Å²) in [4.78, 5) is 0. The maximum absolute atomic E-state index is 6.19. The van der Waals surface area contributed by atoms with E-state index in [-0.39, 0.29) is 11.5 Å². The van der Waals surface area contributed by atoms with Crippen molar-refractivity contribution in [3.05, 3.63) is 16.4 Å². The molecule has 0 spiro atoms. The van der Waals surface area contributed by atoms with Crippen molar-refractivity contribution in [3.63, 3.8) is 0 Å². The third-order valence-electron chi connectivity index (χ3n) is 3.07. The molecule has 0 amide bonds. The summed E-state index contributed by atoms with van der Waals surface area (Å²) in [6, 6.07) is 0.179. The lowest BCUT2D eigenvalue weighted by molar-refractivity contribution is 0.304. The van der Waals surface area contributed by atoms with Gasteiger partial charge in [-0.05, 0) is 25.2 Å². The third-order valence-corrected chi connectivity index (χ3v) is 3.56. The van der Waals surface area contributed by atoms with Crippen molar-refractivity contribution in [3.8, 4) is 0 Å². The summed E-state index contributed by atoms with van der Waals surface area (Å²) in [6.07, 6.45) is 1.82. The van der Waals surface area contributed by atoms with Gasteiger partial charge in [-0.25, -0.2) is 0 Å². The minimum atomic E-state index is 0.139. The standard InChI is InChI=1S/C12H22ClN3/c1-8-11(13)9(16(5)15-8)6-7-10(14)12(2,3)4/h10H,6-7,14H2,1-5H3. The maximum atomic E-state index is 6.19. The molecule has 92 valence electrons. The lowest BCUT2D eigenvalue weighted by Crippen LogP contribution is -2.35. The molecule has 1 aromatic rings. The Morgan fingerprint density at radius 2 is 2.00 bits per heavy atom.